The first-order valence-corrected chi connectivity index (χ1v) is 13.4. The lowest BCUT2D eigenvalue weighted by molar-refractivity contribution is -0.134. The second-order valence-corrected chi connectivity index (χ2v) is 11.2. The summed E-state index contributed by atoms with van der Waals surface area (Å²) in [4.78, 5) is 29.2. The summed E-state index contributed by atoms with van der Waals surface area (Å²) in [6.45, 7) is 6.93. The van der Waals surface area contributed by atoms with Gasteiger partial charge in [0.05, 0.1) is 10.6 Å². The maximum absolute atomic E-state index is 13.5. The number of nitrogens with zero attached hydrogens (tertiary/aromatic N) is 3. The second-order valence-electron chi connectivity index (χ2n) is 9.30. The van der Waals surface area contributed by atoms with Crippen molar-refractivity contribution in [2.75, 3.05) is 49.5 Å². The van der Waals surface area contributed by atoms with Crippen molar-refractivity contribution < 1.29 is 22.7 Å². The molecule has 10 heteroatoms. The van der Waals surface area contributed by atoms with Gasteiger partial charge in [-0.25, -0.2) is 8.42 Å². The van der Waals surface area contributed by atoms with Crippen LogP contribution in [-0.2, 0) is 19.6 Å². The molecule has 1 N–H and O–H groups in total. The van der Waals surface area contributed by atoms with Gasteiger partial charge in [-0.1, -0.05) is 12.1 Å². The van der Waals surface area contributed by atoms with Crippen molar-refractivity contribution in [3.05, 3.63) is 47.5 Å². The number of anilines is 2. The second kappa shape index (κ2) is 9.16. The van der Waals surface area contributed by atoms with E-state index in [9.17, 15) is 18.0 Å². The van der Waals surface area contributed by atoms with Crippen LogP contribution in [0.15, 0.2) is 41.3 Å². The van der Waals surface area contributed by atoms with Crippen LogP contribution in [0.4, 0.5) is 11.4 Å². The number of ether oxygens (including phenoxy) is 1. The van der Waals surface area contributed by atoms with Crippen LogP contribution in [0, 0.1) is 13.8 Å². The molecule has 2 aromatic carbocycles. The number of carbonyl (C=O) groups excluding carboxylic acids is 2. The Balaban J connectivity index is 1.30. The number of carbonyl (C=O) groups is 2. The predicted octanol–water partition coefficient (Wildman–Crippen LogP) is 2.14. The molecule has 0 spiro atoms. The molecule has 3 aliphatic heterocycles. The number of benzene rings is 2. The van der Waals surface area contributed by atoms with Crippen LogP contribution < -0.4 is 15.0 Å². The predicted molar refractivity (Wildman–Crippen MR) is 132 cm³/mol. The molecule has 0 radical (unpaired) electrons. The molecule has 2 fully saturated rings. The van der Waals surface area contributed by atoms with E-state index in [1.165, 1.54) is 33.3 Å². The third-order valence-corrected chi connectivity index (χ3v) is 9.09. The van der Waals surface area contributed by atoms with Crippen molar-refractivity contribution in [2.45, 2.75) is 37.6 Å². The summed E-state index contributed by atoms with van der Waals surface area (Å²) in [5.74, 6) is -0.0399. The Labute approximate surface area is 205 Å². The third-order valence-electron chi connectivity index (χ3n) is 7.19. The number of fused-ring (bicyclic) bond motifs is 1. The lowest BCUT2D eigenvalue weighted by Crippen LogP contribution is -2.54. The van der Waals surface area contributed by atoms with Crippen molar-refractivity contribution in [2.24, 2.45) is 0 Å². The van der Waals surface area contributed by atoms with E-state index in [2.05, 4.69) is 42.3 Å². The van der Waals surface area contributed by atoms with E-state index >= 15 is 0 Å². The number of hydrogen-bond acceptors (Lipinski definition) is 6. The highest BCUT2D eigenvalue weighted by atomic mass is 32.2. The molecule has 3 heterocycles. The molecular formula is C25H30N4O5S. The van der Waals surface area contributed by atoms with Gasteiger partial charge in [-0.2, -0.15) is 4.31 Å². The zero-order chi connectivity index (χ0) is 24.7. The van der Waals surface area contributed by atoms with Gasteiger partial charge in [0.15, 0.2) is 6.61 Å². The molecular weight excluding hydrogens is 468 g/mol. The number of amides is 2. The fraction of sp³-hybridized carbons (Fsp3) is 0.440. The van der Waals surface area contributed by atoms with Gasteiger partial charge in [0.25, 0.3) is 5.91 Å². The van der Waals surface area contributed by atoms with Gasteiger partial charge in [-0.05, 0) is 62.1 Å². The van der Waals surface area contributed by atoms with E-state index in [4.69, 9.17) is 4.74 Å². The summed E-state index contributed by atoms with van der Waals surface area (Å²) in [6, 6.07) is 9.96. The van der Waals surface area contributed by atoms with Crippen molar-refractivity contribution in [1.82, 2.24) is 9.21 Å². The van der Waals surface area contributed by atoms with Crippen LogP contribution >= 0.6 is 0 Å². The Bertz CT molecular complexity index is 1270. The van der Waals surface area contributed by atoms with Crippen LogP contribution in [0.1, 0.15) is 24.0 Å². The Hall–Kier alpha value is -3.11. The minimum Gasteiger partial charge on any atom is -0.482 e. The number of nitrogens with one attached hydrogen (secondary N) is 1. The lowest BCUT2D eigenvalue weighted by Gasteiger charge is -2.38. The van der Waals surface area contributed by atoms with Gasteiger partial charge < -0.3 is 19.9 Å². The molecule has 2 saturated heterocycles. The molecule has 0 aromatic heterocycles. The topological polar surface area (TPSA) is 99.3 Å². The van der Waals surface area contributed by atoms with Crippen LogP contribution in [0.3, 0.4) is 0 Å². The number of aryl methyl sites for hydroxylation is 1. The fourth-order valence-electron chi connectivity index (χ4n) is 5.09. The Morgan fingerprint density at radius 2 is 1.83 bits per heavy atom. The summed E-state index contributed by atoms with van der Waals surface area (Å²) >= 11 is 0. The highest BCUT2D eigenvalue weighted by Crippen LogP contribution is 2.34. The lowest BCUT2D eigenvalue weighted by atomic mass is 10.1. The first-order chi connectivity index (χ1) is 16.8. The number of sulfonamides is 1. The molecule has 0 aliphatic carbocycles. The molecule has 5 rings (SSSR count). The minimum atomic E-state index is -3.92. The SMILES string of the molecule is Cc1cccc(N2CCN(C(=O)C3CCCN3S(=O)(=O)c3ccc4c(c3)NC(=O)CO4)CC2)c1C. The molecule has 2 amide bonds. The zero-order valence-electron chi connectivity index (χ0n) is 20.0. The van der Waals surface area contributed by atoms with Crippen LogP contribution in [0.25, 0.3) is 0 Å². The largest absolute Gasteiger partial charge is 0.482 e. The molecule has 9 nitrogen and oxygen atoms in total. The van der Waals surface area contributed by atoms with Crippen molar-refractivity contribution in [1.29, 1.82) is 0 Å². The van der Waals surface area contributed by atoms with E-state index < -0.39 is 16.1 Å². The number of piperazine rings is 1. The third kappa shape index (κ3) is 4.36. The van der Waals surface area contributed by atoms with Crippen LogP contribution in [0.5, 0.6) is 5.75 Å². The molecule has 2 aromatic rings. The molecule has 35 heavy (non-hydrogen) atoms. The smallest absolute Gasteiger partial charge is 0.262 e. The van der Waals surface area contributed by atoms with Gasteiger partial charge in [-0.15, -0.1) is 0 Å². The Morgan fingerprint density at radius 1 is 1.06 bits per heavy atom. The Morgan fingerprint density at radius 3 is 2.60 bits per heavy atom. The summed E-state index contributed by atoms with van der Waals surface area (Å²) in [5.41, 5.74) is 3.99. The van der Waals surface area contributed by atoms with Gasteiger partial charge in [0, 0.05) is 38.4 Å². The monoisotopic (exact) mass is 498 g/mol. The number of hydrogen-bond donors (Lipinski definition) is 1. The summed E-state index contributed by atoms with van der Waals surface area (Å²) < 4.78 is 33.7. The summed E-state index contributed by atoms with van der Waals surface area (Å²) in [7, 11) is -3.92. The van der Waals surface area contributed by atoms with Crippen molar-refractivity contribution in [3.8, 4) is 5.75 Å². The quantitative estimate of drug-likeness (QED) is 0.694. The molecule has 0 bridgehead atoms. The molecule has 1 unspecified atom stereocenters. The normalized spacial score (nSPS) is 20.9. The maximum Gasteiger partial charge on any atom is 0.262 e. The highest BCUT2D eigenvalue weighted by molar-refractivity contribution is 7.89. The molecule has 186 valence electrons. The van der Waals surface area contributed by atoms with Gasteiger partial charge in [0.2, 0.25) is 15.9 Å². The van der Waals surface area contributed by atoms with Crippen LogP contribution in [-0.4, -0.2) is 74.8 Å². The van der Waals surface area contributed by atoms with Gasteiger partial charge in [0.1, 0.15) is 11.8 Å². The van der Waals surface area contributed by atoms with E-state index in [0.717, 1.165) is 0 Å². The van der Waals surface area contributed by atoms with E-state index in [-0.39, 0.29) is 23.3 Å². The standard InChI is InChI=1S/C25H30N4O5S/c1-17-5-3-6-21(18(17)2)27-11-13-28(14-12-27)25(31)22-7-4-10-29(22)35(32,33)19-8-9-23-20(15-19)26-24(30)16-34-23/h3,5-6,8-9,15,22H,4,7,10-14,16H2,1-2H3,(H,26,30). The van der Waals surface area contributed by atoms with E-state index in [1.54, 1.807) is 11.0 Å². The summed E-state index contributed by atoms with van der Waals surface area (Å²) in [5, 5.41) is 2.65. The van der Waals surface area contributed by atoms with Crippen molar-refractivity contribution >= 4 is 33.2 Å². The minimum absolute atomic E-state index is 0.0430. The van der Waals surface area contributed by atoms with E-state index in [0.29, 0.717) is 57.0 Å². The fourth-order valence-corrected chi connectivity index (χ4v) is 6.77. The first-order valence-electron chi connectivity index (χ1n) is 11.9. The number of rotatable bonds is 4. The van der Waals surface area contributed by atoms with Gasteiger partial charge in [-0.3, -0.25) is 9.59 Å². The summed E-state index contributed by atoms with van der Waals surface area (Å²) in [6.07, 6.45) is 1.13. The van der Waals surface area contributed by atoms with Crippen LogP contribution in [0.2, 0.25) is 0 Å². The molecule has 1 atom stereocenters. The average molecular weight is 499 g/mol. The Kier molecular flexibility index (Phi) is 6.18. The molecule has 3 aliphatic rings. The zero-order valence-corrected chi connectivity index (χ0v) is 20.8. The van der Waals surface area contributed by atoms with E-state index in [1.807, 2.05) is 0 Å². The average Bonchev–Trinajstić information content (AvgIpc) is 3.36. The maximum atomic E-state index is 13.5. The highest BCUT2D eigenvalue weighted by Gasteiger charge is 2.42. The van der Waals surface area contributed by atoms with Gasteiger partial charge >= 0.3 is 0 Å². The molecule has 0 saturated carbocycles. The first kappa shape index (κ1) is 23.6. The van der Waals surface area contributed by atoms with Crippen molar-refractivity contribution in [3.63, 3.8) is 0 Å².